The molecule has 264 valence electrons. The number of nitrogens with two attached hydrogens (primary N) is 1. The lowest BCUT2D eigenvalue weighted by Gasteiger charge is -2.10. The number of halogens is 2. The summed E-state index contributed by atoms with van der Waals surface area (Å²) in [5, 5.41) is 4.54. The normalized spacial score (nSPS) is 11.1. The van der Waals surface area contributed by atoms with Gasteiger partial charge in [-0.3, -0.25) is 4.40 Å². The molecule has 5 heterocycles. The number of anilines is 1. The molecule has 9 aromatic rings. The molecule has 0 aliphatic carbocycles. The van der Waals surface area contributed by atoms with E-state index in [-0.39, 0.29) is 0 Å². The summed E-state index contributed by atoms with van der Waals surface area (Å²) in [4.78, 5) is 27.3. The fourth-order valence-corrected chi connectivity index (χ4v) is 7.88. The van der Waals surface area contributed by atoms with Crippen LogP contribution in [0.1, 0.15) is 11.1 Å². The summed E-state index contributed by atoms with van der Waals surface area (Å²) in [6.45, 7) is 0. The van der Waals surface area contributed by atoms with Crippen LogP contribution in [-0.4, -0.2) is 34.3 Å². The molecule has 0 saturated carbocycles. The molecule has 0 bridgehead atoms. The summed E-state index contributed by atoms with van der Waals surface area (Å²) in [6.07, 6.45) is 7.36. The largest absolute Gasteiger partial charge is 0.383 e. The van der Waals surface area contributed by atoms with Gasteiger partial charge in [0.15, 0.2) is 16.0 Å². The fourth-order valence-electron chi connectivity index (χ4n) is 5.87. The zero-order valence-electron chi connectivity index (χ0n) is 28.6. The van der Waals surface area contributed by atoms with Crippen LogP contribution < -0.4 is 5.73 Å². The van der Waals surface area contributed by atoms with Gasteiger partial charge in [0.05, 0.1) is 0 Å². The van der Waals surface area contributed by atoms with Crippen LogP contribution in [0.5, 0.6) is 0 Å². The molecule has 54 heavy (non-hydrogen) atoms. The van der Waals surface area contributed by atoms with Crippen molar-refractivity contribution in [1.29, 1.82) is 0 Å². The van der Waals surface area contributed by atoms with Gasteiger partial charge in [0, 0.05) is 79.4 Å². The molecule has 2 N–H and O–H groups in total. The number of nitrogens with zero attached hydrogens (tertiary/aromatic N) is 7. The van der Waals surface area contributed by atoms with E-state index in [0.29, 0.717) is 26.7 Å². The second-order valence-electron chi connectivity index (χ2n) is 12.1. The molecule has 0 aliphatic heterocycles. The van der Waals surface area contributed by atoms with Gasteiger partial charge in [-0.05, 0) is 35.4 Å². The highest BCUT2D eigenvalue weighted by Crippen LogP contribution is 2.35. The van der Waals surface area contributed by atoms with Crippen molar-refractivity contribution in [2.75, 3.05) is 5.73 Å². The molecule has 8 nitrogen and oxygen atoms in total. The van der Waals surface area contributed by atoms with E-state index < -0.39 is 0 Å². The van der Waals surface area contributed by atoms with Crippen LogP contribution in [0, 0.1) is 0 Å². The van der Waals surface area contributed by atoms with E-state index in [1.165, 1.54) is 11.1 Å². The Hall–Kier alpha value is -5.52. The molecule has 0 unspecified atom stereocenters. The highest BCUT2D eigenvalue weighted by atomic mass is 35.5. The number of hydrogen-bond donors (Lipinski definition) is 1. The molecule has 12 heteroatoms. The monoisotopic (exact) mass is 780 g/mol. The third-order valence-electron chi connectivity index (χ3n) is 8.51. The van der Waals surface area contributed by atoms with E-state index in [4.69, 9.17) is 33.9 Å². The summed E-state index contributed by atoms with van der Waals surface area (Å²) in [7, 11) is 0. The molecule has 0 amide bonds. The molecule has 5 aromatic heterocycles. The van der Waals surface area contributed by atoms with E-state index in [9.17, 15) is 0 Å². The van der Waals surface area contributed by atoms with Crippen LogP contribution in [0.25, 0.3) is 50.0 Å². The smallest absolute Gasteiger partial charge is 0.189 e. The lowest BCUT2D eigenvalue weighted by molar-refractivity contribution is 0.977. The first-order valence-electron chi connectivity index (χ1n) is 16.9. The van der Waals surface area contributed by atoms with Crippen molar-refractivity contribution < 1.29 is 0 Å². The average Bonchev–Trinajstić information content (AvgIpc) is 3.71. The standard InChI is InChI=1S/C22H15ClN4S.C20H15ClN4S/c23-19-9-5-4-8-17(19)18-12-16-13-25-22(28-14-15-6-2-1-3-7-15)26-20(16)27-11-10-24-21(18)27;21-17-9-5-4-8-15(17)16-10-14-11-23-20(25-19(14)24-18(16)22)26-12-13-6-2-1-3-7-13/h1-13H,14H2;1-11H,12H2,(H2,22,23,24,25). The maximum absolute atomic E-state index is 6.43. The van der Waals surface area contributed by atoms with Crippen molar-refractivity contribution in [2.24, 2.45) is 0 Å². The summed E-state index contributed by atoms with van der Waals surface area (Å²) in [5.41, 5.74) is 14.5. The highest BCUT2D eigenvalue weighted by Gasteiger charge is 2.15. The topological polar surface area (TPSA) is 108 Å². The zero-order chi connectivity index (χ0) is 36.9. The second kappa shape index (κ2) is 16.2. The Morgan fingerprint density at radius 2 is 1.07 bits per heavy atom. The van der Waals surface area contributed by atoms with Crippen molar-refractivity contribution in [2.45, 2.75) is 21.8 Å². The molecule has 0 atom stereocenters. The Labute approximate surface area is 329 Å². The Kier molecular flexibility index (Phi) is 10.7. The zero-order valence-corrected chi connectivity index (χ0v) is 31.7. The number of nitrogen functional groups attached to an aromatic ring is 1. The Bertz CT molecular complexity index is 2730. The Morgan fingerprint density at radius 3 is 1.70 bits per heavy atom. The average molecular weight is 782 g/mol. The molecular weight excluding hydrogens is 752 g/mol. The van der Waals surface area contributed by atoms with Crippen LogP contribution >= 0.6 is 46.7 Å². The number of thioether (sulfide) groups is 2. The summed E-state index contributed by atoms with van der Waals surface area (Å²) in [5.74, 6) is 2.04. The molecule has 9 rings (SSSR count). The van der Waals surface area contributed by atoms with Crippen molar-refractivity contribution in [1.82, 2.24) is 34.3 Å². The van der Waals surface area contributed by atoms with Gasteiger partial charge >= 0.3 is 0 Å². The number of imidazole rings is 1. The first kappa shape index (κ1) is 35.5. The van der Waals surface area contributed by atoms with E-state index >= 15 is 0 Å². The number of benzene rings is 4. The number of hydrogen-bond acceptors (Lipinski definition) is 9. The molecular formula is C42H30Cl2N8S2. The number of fused-ring (bicyclic) bond motifs is 4. The molecule has 0 fully saturated rings. The summed E-state index contributed by atoms with van der Waals surface area (Å²) in [6, 6.07) is 39.9. The van der Waals surface area contributed by atoms with Crippen molar-refractivity contribution in [3.05, 3.63) is 167 Å². The van der Waals surface area contributed by atoms with Gasteiger partial charge in [0.2, 0.25) is 0 Å². The molecule has 0 radical (unpaired) electrons. The van der Waals surface area contributed by atoms with Crippen LogP contribution in [-0.2, 0) is 11.5 Å². The maximum Gasteiger partial charge on any atom is 0.189 e. The van der Waals surface area contributed by atoms with Gasteiger partial charge in [-0.25, -0.2) is 29.9 Å². The SMILES string of the molecule is Clc1ccccc1-c1cc2cnc(SCc3ccccc3)nc2n2ccnc12.Nc1nc2nc(SCc3ccccc3)ncc2cc1-c1ccccc1Cl. The van der Waals surface area contributed by atoms with Crippen molar-refractivity contribution in [3.63, 3.8) is 0 Å². The number of pyridine rings is 2. The highest BCUT2D eigenvalue weighted by molar-refractivity contribution is 7.98. The van der Waals surface area contributed by atoms with E-state index in [1.54, 1.807) is 35.9 Å². The summed E-state index contributed by atoms with van der Waals surface area (Å²) < 4.78 is 2.00. The summed E-state index contributed by atoms with van der Waals surface area (Å²) >= 11 is 15.9. The van der Waals surface area contributed by atoms with Gasteiger partial charge in [0.1, 0.15) is 17.1 Å². The van der Waals surface area contributed by atoms with Gasteiger partial charge in [-0.2, -0.15) is 0 Å². The Morgan fingerprint density at radius 1 is 0.537 bits per heavy atom. The van der Waals surface area contributed by atoms with E-state index in [1.807, 2.05) is 108 Å². The minimum absolute atomic E-state index is 0.406. The minimum atomic E-state index is 0.406. The van der Waals surface area contributed by atoms with Gasteiger partial charge in [0.25, 0.3) is 0 Å². The number of aromatic nitrogens is 7. The van der Waals surface area contributed by atoms with Crippen LogP contribution in [0.4, 0.5) is 5.82 Å². The van der Waals surface area contributed by atoms with Crippen LogP contribution in [0.2, 0.25) is 10.0 Å². The Balaban J connectivity index is 0.000000154. The van der Waals surface area contributed by atoms with Crippen molar-refractivity contribution >= 4 is 80.3 Å². The van der Waals surface area contributed by atoms with Crippen molar-refractivity contribution in [3.8, 4) is 22.3 Å². The van der Waals surface area contributed by atoms with Gasteiger partial charge in [-0.1, -0.05) is 144 Å². The quantitative estimate of drug-likeness (QED) is 0.119. The van der Waals surface area contributed by atoms with E-state index in [2.05, 4.69) is 55.3 Å². The maximum atomic E-state index is 6.43. The van der Waals surface area contributed by atoms with Crippen LogP contribution in [0.15, 0.2) is 156 Å². The fraction of sp³-hybridized carbons (Fsp3) is 0.0476. The van der Waals surface area contributed by atoms with E-state index in [0.717, 1.165) is 61.0 Å². The minimum Gasteiger partial charge on any atom is -0.383 e. The van der Waals surface area contributed by atoms with Gasteiger partial charge in [-0.15, -0.1) is 0 Å². The van der Waals surface area contributed by atoms with Gasteiger partial charge < -0.3 is 5.73 Å². The molecule has 0 spiro atoms. The number of rotatable bonds is 8. The molecule has 0 saturated heterocycles. The van der Waals surface area contributed by atoms with Crippen LogP contribution in [0.3, 0.4) is 0 Å². The molecule has 0 aliphatic rings. The second-order valence-corrected chi connectivity index (χ2v) is 14.8. The third kappa shape index (κ3) is 7.88. The first-order valence-corrected chi connectivity index (χ1v) is 19.6. The third-order valence-corrected chi connectivity index (χ3v) is 11.0. The predicted octanol–water partition coefficient (Wildman–Crippen LogP) is 11.1. The predicted molar refractivity (Wildman–Crippen MR) is 223 cm³/mol. The lowest BCUT2D eigenvalue weighted by atomic mass is 10.1. The first-order chi connectivity index (χ1) is 26.5. The molecule has 4 aromatic carbocycles. The lowest BCUT2D eigenvalue weighted by Crippen LogP contribution is -1.98.